The van der Waals surface area contributed by atoms with E-state index in [4.69, 9.17) is 33.0 Å². The van der Waals surface area contributed by atoms with Crippen molar-refractivity contribution in [3.8, 4) is 17.2 Å². The summed E-state index contributed by atoms with van der Waals surface area (Å²) in [6, 6.07) is 19.1. The van der Waals surface area contributed by atoms with Gasteiger partial charge in [-0.3, -0.25) is 0 Å². The first-order chi connectivity index (χ1) is 18.5. The van der Waals surface area contributed by atoms with E-state index in [1.54, 1.807) is 12.1 Å². The number of carbonyl (C=O) groups excluding carboxylic acids is 2. The molecule has 0 saturated carbocycles. The van der Waals surface area contributed by atoms with Crippen molar-refractivity contribution >= 4 is 35.1 Å². The van der Waals surface area contributed by atoms with Gasteiger partial charge >= 0.3 is 11.9 Å². The number of aromatic hydroxyl groups is 1. The number of benzene rings is 4. The minimum atomic E-state index is -0.727. The highest BCUT2D eigenvalue weighted by Gasteiger charge is 2.15. The standard InChI is InChI=1S/C14H10ClFO3.C8H6ClFO2.C6H5FO/c1-18-14(17)12-7-9(15)5-6-13(12)19-11-4-2-3-10(16)8-11;1-12-8(11)6-4-5(9)2-3-7(6)10;7-5-2-1-3-6(8)4-5/h2-8H,1H3;2-4H,1H3;1-4,8H. The number of phenolic OH excluding ortho intramolecular Hbond substituents is 1. The van der Waals surface area contributed by atoms with Gasteiger partial charge in [-0.1, -0.05) is 35.3 Å². The largest absolute Gasteiger partial charge is 0.508 e. The van der Waals surface area contributed by atoms with Crippen molar-refractivity contribution in [2.75, 3.05) is 14.2 Å². The van der Waals surface area contributed by atoms with Gasteiger partial charge in [-0.05, 0) is 60.7 Å². The molecule has 0 radical (unpaired) electrons. The Morgan fingerprint density at radius 2 is 1.23 bits per heavy atom. The average Bonchev–Trinajstić information content (AvgIpc) is 2.91. The molecule has 0 heterocycles. The van der Waals surface area contributed by atoms with Crippen LogP contribution in [-0.2, 0) is 9.47 Å². The molecule has 0 unspecified atom stereocenters. The Labute approximate surface area is 232 Å². The maximum atomic E-state index is 13.1. The molecule has 4 aromatic carbocycles. The number of esters is 2. The fourth-order valence-electron chi connectivity index (χ4n) is 2.76. The van der Waals surface area contributed by atoms with Crippen LogP contribution in [0.5, 0.6) is 17.2 Å². The zero-order chi connectivity index (χ0) is 28.9. The van der Waals surface area contributed by atoms with Crippen LogP contribution in [0.2, 0.25) is 10.0 Å². The molecule has 4 aromatic rings. The molecule has 6 nitrogen and oxygen atoms in total. The van der Waals surface area contributed by atoms with Gasteiger partial charge < -0.3 is 19.3 Å². The van der Waals surface area contributed by atoms with E-state index in [1.807, 2.05) is 0 Å². The van der Waals surface area contributed by atoms with Gasteiger partial charge in [0.25, 0.3) is 0 Å². The smallest absolute Gasteiger partial charge is 0.341 e. The Hall–Kier alpha value is -4.21. The minimum Gasteiger partial charge on any atom is -0.508 e. The van der Waals surface area contributed by atoms with E-state index >= 15 is 0 Å². The fraction of sp³-hybridized carbons (Fsp3) is 0.0714. The summed E-state index contributed by atoms with van der Waals surface area (Å²) in [7, 11) is 2.44. The maximum Gasteiger partial charge on any atom is 0.341 e. The highest BCUT2D eigenvalue weighted by Crippen LogP contribution is 2.28. The Bertz CT molecular complexity index is 1420. The summed E-state index contributed by atoms with van der Waals surface area (Å²) < 4.78 is 52.4. The molecule has 0 aromatic heterocycles. The maximum absolute atomic E-state index is 13.1. The third-order valence-corrected chi connectivity index (χ3v) is 4.98. The third kappa shape index (κ3) is 10.2. The van der Waals surface area contributed by atoms with Crippen molar-refractivity contribution in [3.05, 3.63) is 124 Å². The second kappa shape index (κ2) is 15.3. The van der Waals surface area contributed by atoms with Gasteiger partial charge in [0.05, 0.1) is 19.8 Å². The third-order valence-electron chi connectivity index (χ3n) is 4.51. The number of halogens is 5. The molecule has 0 saturated heterocycles. The van der Waals surface area contributed by atoms with Crippen molar-refractivity contribution in [2.45, 2.75) is 0 Å². The van der Waals surface area contributed by atoms with E-state index in [0.717, 1.165) is 12.1 Å². The highest BCUT2D eigenvalue weighted by molar-refractivity contribution is 6.31. The second-order valence-corrected chi connectivity index (χ2v) is 8.16. The minimum absolute atomic E-state index is 0.0370. The normalized spacial score (nSPS) is 9.72. The lowest BCUT2D eigenvalue weighted by atomic mass is 10.2. The number of rotatable bonds is 4. The summed E-state index contributed by atoms with van der Waals surface area (Å²) in [5.74, 6) is -2.27. The van der Waals surface area contributed by atoms with E-state index in [9.17, 15) is 22.8 Å². The molecule has 39 heavy (non-hydrogen) atoms. The van der Waals surface area contributed by atoms with Crippen LogP contribution in [0.4, 0.5) is 13.2 Å². The molecule has 0 aliphatic carbocycles. The van der Waals surface area contributed by atoms with Crippen molar-refractivity contribution in [1.29, 1.82) is 0 Å². The van der Waals surface area contributed by atoms with Crippen molar-refractivity contribution < 1.29 is 42.1 Å². The predicted molar refractivity (Wildman–Crippen MR) is 140 cm³/mol. The molecule has 0 spiro atoms. The van der Waals surface area contributed by atoms with Gasteiger partial charge in [0.15, 0.2) is 0 Å². The van der Waals surface area contributed by atoms with E-state index < -0.39 is 29.4 Å². The molecule has 0 amide bonds. The average molecular weight is 581 g/mol. The molecule has 0 fully saturated rings. The molecule has 4 rings (SSSR count). The molecule has 204 valence electrons. The number of hydrogen-bond donors (Lipinski definition) is 1. The summed E-state index contributed by atoms with van der Waals surface area (Å²) in [4.78, 5) is 22.5. The van der Waals surface area contributed by atoms with Crippen LogP contribution in [0.1, 0.15) is 20.7 Å². The van der Waals surface area contributed by atoms with Crippen LogP contribution in [0.25, 0.3) is 0 Å². The van der Waals surface area contributed by atoms with Crippen LogP contribution in [0, 0.1) is 17.5 Å². The van der Waals surface area contributed by atoms with Gasteiger partial charge in [0.1, 0.15) is 40.3 Å². The van der Waals surface area contributed by atoms with E-state index in [-0.39, 0.29) is 28.4 Å². The topological polar surface area (TPSA) is 82.1 Å². The van der Waals surface area contributed by atoms with Crippen LogP contribution < -0.4 is 4.74 Å². The molecule has 0 aliphatic rings. The number of methoxy groups -OCH3 is 2. The fourth-order valence-corrected chi connectivity index (χ4v) is 3.10. The molecule has 0 bridgehead atoms. The lowest BCUT2D eigenvalue weighted by Gasteiger charge is -2.10. The number of carbonyl (C=O) groups is 2. The van der Waals surface area contributed by atoms with E-state index in [1.165, 1.54) is 74.9 Å². The van der Waals surface area contributed by atoms with E-state index in [2.05, 4.69) is 9.47 Å². The SMILES string of the molecule is COC(=O)c1cc(Cl)ccc1F.COC(=O)c1cc(Cl)ccc1Oc1cccc(F)c1.Oc1cccc(F)c1. The van der Waals surface area contributed by atoms with Gasteiger partial charge in [-0.15, -0.1) is 0 Å². The Balaban J connectivity index is 0.000000227. The van der Waals surface area contributed by atoms with Crippen molar-refractivity contribution in [3.63, 3.8) is 0 Å². The van der Waals surface area contributed by atoms with Gasteiger partial charge in [0.2, 0.25) is 0 Å². The Morgan fingerprint density at radius 1 is 0.692 bits per heavy atom. The summed E-state index contributed by atoms with van der Waals surface area (Å²) in [6.07, 6.45) is 0. The van der Waals surface area contributed by atoms with Crippen molar-refractivity contribution in [2.24, 2.45) is 0 Å². The van der Waals surface area contributed by atoms with Gasteiger partial charge in [0, 0.05) is 22.2 Å². The predicted octanol–water partition coefficient (Wildman–Crippen LogP) is 7.86. The molecule has 0 aliphatic heterocycles. The lowest BCUT2D eigenvalue weighted by Crippen LogP contribution is -2.03. The lowest BCUT2D eigenvalue weighted by molar-refractivity contribution is 0.0587. The van der Waals surface area contributed by atoms with Gasteiger partial charge in [-0.2, -0.15) is 0 Å². The molecule has 1 N–H and O–H groups in total. The first kappa shape index (κ1) is 31.0. The highest BCUT2D eigenvalue weighted by atomic mass is 35.5. The Kier molecular flexibility index (Phi) is 12.1. The van der Waals surface area contributed by atoms with Crippen molar-refractivity contribution in [1.82, 2.24) is 0 Å². The Morgan fingerprint density at radius 3 is 1.77 bits per heavy atom. The first-order valence-electron chi connectivity index (χ1n) is 10.8. The zero-order valence-electron chi connectivity index (χ0n) is 20.5. The van der Waals surface area contributed by atoms with Crippen LogP contribution in [0.3, 0.4) is 0 Å². The van der Waals surface area contributed by atoms with Crippen LogP contribution >= 0.6 is 23.2 Å². The van der Waals surface area contributed by atoms with Gasteiger partial charge in [-0.25, -0.2) is 22.8 Å². The monoisotopic (exact) mass is 580 g/mol. The number of ether oxygens (including phenoxy) is 3. The quantitative estimate of drug-likeness (QED) is 0.247. The summed E-state index contributed by atoms with van der Waals surface area (Å²) in [6.45, 7) is 0. The molecular weight excluding hydrogens is 560 g/mol. The zero-order valence-corrected chi connectivity index (χ0v) is 22.0. The van der Waals surface area contributed by atoms with Crippen LogP contribution in [-0.4, -0.2) is 31.3 Å². The number of phenols is 1. The molecule has 0 atom stereocenters. The summed E-state index contributed by atoms with van der Waals surface area (Å²) >= 11 is 11.4. The first-order valence-corrected chi connectivity index (χ1v) is 11.6. The molecule has 11 heteroatoms. The number of hydrogen-bond acceptors (Lipinski definition) is 6. The molecular formula is C28H21Cl2F3O6. The summed E-state index contributed by atoms with van der Waals surface area (Å²) in [5, 5.41) is 9.26. The summed E-state index contributed by atoms with van der Waals surface area (Å²) in [5.41, 5.74) is 0.0317. The van der Waals surface area contributed by atoms with E-state index in [0.29, 0.717) is 10.0 Å². The van der Waals surface area contributed by atoms with Crippen LogP contribution in [0.15, 0.2) is 84.9 Å². The second-order valence-electron chi connectivity index (χ2n) is 7.29.